The molecule has 2 aromatic carbocycles. The molecule has 0 saturated carbocycles. The van der Waals surface area contributed by atoms with E-state index in [1.165, 1.54) is 0 Å². The molecule has 0 atom stereocenters. The summed E-state index contributed by atoms with van der Waals surface area (Å²) >= 11 is 0. The van der Waals surface area contributed by atoms with Crippen molar-refractivity contribution in [1.82, 2.24) is 20.9 Å². The van der Waals surface area contributed by atoms with Crippen LogP contribution in [0.1, 0.15) is 27.0 Å². The summed E-state index contributed by atoms with van der Waals surface area (Å²) in [6, 6.07) is 21.5. The number of amides is 1. The van der Waals surface area contributed by atoms with Crippen LogP contribution in [0.3, 0.4) is 0 Å². The van der Waals surface area contributed by atoms with Crippen LogP contribution in [0, 0.1) is 0 Å². The van der Waals surface area contributed by atoms with Crippen molar-refractivity contribution in [3.63, 3.8) is 0 Å². The Kier molecular flexibility index (Phi) is 11.2. The van der Waals surface area contributed by atoms with Crippen molar-refractivity contribution >= 4 is 35.8 Å². The molecule has 3 N–H and O–H groups in total. The second-order valence-corrected chi connectivity index (χ2v) is 7.12. The van der Waals surface area contributed by atoms with Gasteiger partial charge in [-0.3, -0.25) is 9.79 Å². The number of aromatic nitrogens is 1. The average molecular weight is 559 g/mol. The van der Waals surface area contributed by atoms with Crippen LogP contribution in [0.25, 0.3) is 0 Å². The molecular formula is C25H30IN5O2. The van der Waals surface area contributed by atoms with Crippen LogP contribution in [0.2, 0.25) is 0 Å². The number of nitrogens with one attached hydrogen (secondary N) is 3. The minimum atomic E-state index is -0.0842. The standard InChI is InChI=1S/C25H29N5O2.HI/c1-26-23(31)21-11-6-10-19(16-21)13-15-29-25(27-2)30-17-22-12-7-14-28-24(22)32-18-20-8-4-3-5-9-20;/h3-12,14,16H,13,15,17-18H2,1-2H3,(H,26,31)(H2,27,29,30);1H. The van der Waals surface area contributed by atoms with Crippen molar-refractivity contribution in [1.29, 1.82) is 0 Å². The van der Waals surface area contributed by atoms with Gasteiger partial charge < -0.3 is 20.7 Å². The maximum absolute atomic E-state index is 11.8. The van der Waals surface area contributed by atoms with Gasteiger partial charge in [0, 0.05) is 44.5 Å². The molecule has 0 saturated heterocycles. The molecule has 1 amide bonds. The Morgan fingerprint density at radius 3 is 2.55 bits per heavy atom. The maximum Gasteiger partial charge on any atom is 0.251 e. The molecule has 0 aliphatic rings. The zero-order valence-electron chi connectivity index (χ0n) is 18.9. The third kappa shape index (κ3) is 8.38. The van der Waals surface area contributed by atoms with Gasteiger partial charge in [-0.25, -0.2) is 4.98 Å². The van der Waals surface area contributed by atoms with E-state index in [2.05, 4.69) is 25.9 Å². The quantitative estimate of drug-likeness (QED) is 0.212. The number of hydrogen-bond acceptors (Lipinski definition) is 4. The molecule has 3 rings (SSSR count). The van der Waals surface area contributed by atoms with E-state index in [4.69, 9.17) is 4.74 Å². The Labute approximate surface area is 212 Å². The van der Waals surface area contributed by atoms with E-state index in [9.17, 15) is 4.79 Å². The minimum Gasteiger partial charge on any atom is -0.473 e. The van der Waals surface area contributed by atoms with Crippen molar-refractivity contribution in [3.05, 3.63) is 95.2 Å². The van der Waals surface area contributed by atoms with Crippen LogP contribution in [0.4, 0.5) is 0 Å². The van der Waals surface area contributed by atoms with Crippen molar-refractivity contribution < 1.29 is 9.53 Å². The van der Waals surface area contributed by atoms with Crippen LogP contribution >= 0.6 is 24.0 Å². The van der Waals surface area contributed by atoms with E-state index in [0.29, 0.717) is 37.1 Å². The molecule has 1 aromatic heterocycles. The largest absolute Gasteiger partial charge is 0.473 e. The van der Waals surface area contributed by atoms with E-state index in [-0.39, 0.29) is 29.9 Å². The highest BCUT2D eigenvalue weighted by atomic mass is 127. The first kappa shape index (κ1) is 26.1. The number of aliphatic imine (C=N–C) groups is 1. The molecule has 0 aliphatic heterocycles. The summed E-state index contributed by atoms with van der Waals surface area (Å²) in [5.41, 5.74) is 3.78. The average Bonchev–Trinajstić information content (AvgIpc) is 2.85. The Bertz CT molecular complexity index is 1040. The highest BCUT2D eigenvalue weighted by Crippen LogP contribution is 2.16. The summed E-state index contributed by atoms with van der Waals surface area (Å²) < 4.78 is 5.92. The van der Waals surface area contributed by atoms with Gasteiger partial charge in [0.05, 0.1) is 0 Å². The molecule has 7 nitrogen and oxygen atoms in total. The highest BCUT2D eigenvalue weighted by molar-refractivity contribution is 14.0. The number of guanidine groups is 1. The lowest BCUT2D eigenvalue weighted by Crippen LogP contribution is -2.38. The van der Waals surface area contributed by atoms with Gasteiger partial charge in [0.25, 0.3) is 5.91 Å². The zero-order chi connectivity index (χ0) is 22.6. The van der Waals surface area contributed by atoms with Crippen LogP contribution in [-0.2, 0) is 19.6 Å². The Morgan fingerprint density at radius 2 is 1.79 bits per heavy atom. The van der Waals surface area contributed by atoms with Gasteiger partial charge >= 0.3 is 0 Å². The molecule has 1 heterocycles. The predicted octanol–water partition coefficient (Wildman–Crippen LogP) is 3.55. The number of hydrogen-bond donors (Lipinski definition) is 3. The summed E-state index contributed by atoms with van der Waals surface area (Å²) in [5.74, 6) is 1.20. The lowest BCUT2D eigenvalue weighted by atomic mass is 10.1. The number of benzene rings is 2. The third-order valence-corrected chi connectivity index (χ3v) is 4.86. The predicted molar refractivity (Wildman–Crippen MR) is 142 cm³/mol. The number of rotatable bonds is 9. The molecule has 33 heavy (non-hydrogen) atoms. The van der Waals surface area contributed by atoms with Gasteiger partial charge in [0.15, 0.2) is 5.96 Å². The third-order valence-electron chi connectivity index (χ3n) is 4.86. The normalized spacial score (nSPS) is 10.7. The number of nitrogens with zero attached hydrogens (tertiary/aromatic N) is 2. The van der Waals surface area contributed by atoms with Crippen LogP contribution in [0.5, 0.6) is 5.88 Å². The van der Waals surface area contributed by atoms with Crippen molar-refractivity contribution in [2.75, 3.05) is 20.6 Å². The fraction of sp³-hybridized carbons (Fsp3) is 0.240. The number of carbonyl (C=O) groups is 1. The first-order chi connectivity index (χ1) is 15.7. The van der Waals surface area contributed by atoms with Crippen molar-refractivity contribution in [2.24, 2.45) is 4.99 Å². The molecular weight excluding hydrogens is 529 g/mol. The Hall–Kier alpha value is -3.14. The van der Waals surface area contributed by atoms with E-state index in [1.54, 1.807) is 20.3 Å². The van der Waals surface area contributed by atoms with Gasteiger partial charge in [0.2, 0.25) is 5.88 Å². The van der Waals surface area contributed by atoms with Crippen LogP contribution < -0.4 is 20.7 Å². The highest BCUT2D eigenvalue weighted by Gasteiger charge is 2.07. The number of pyridine rings is 1. The lowest BCUT2D eigenvalue weighted by molar-refractivity contribution is 0.0963. The number of carbonyl (C=O) groups excluding carboxylic acids is 1. The van der Waals surface area contributed by atoms with Crippen molar-refractivity contribution in [3.8, 4) is 5.88 Å². The summed E-state index contributed by atoms with van der Waals surface area (Å²) in [7, 11) is 3.37. The molecule has 0 unspecified atom stereocenters. The molecule has 8 heteroatoms. The molecule has 0 radical (unpaired) electrons. The van der Waals surface area contributed by atoms with Crippen molar-refractivity contribution in [2.45, 2.75) is 19.6 Å². The maximum atomic E-state index is 11.8. The van der Waals surface area contributed by atoms with Crippen LogP contribution in [-0.4, -0.2) is 37.5 Å². The number of halogens is 1. The van der Waals surface area contributed by atoms with Gasteiger partial charge in [-0.05, 0) is 35.7 Å². The molecule has 174 valence electrons. The molecule has 0 bridgehead atoms. The lowest BCUT2D eigenvalue weighted by Gasteiger charge is -2.14. The zero-order valence-corrected chi connectivity index (χ0v) is 21.2. The summed E-state index contributed by atoms with van der Waals surface area (Å²) in [4.78, 5) is 20.5. The monoisotopic (exact) mass is 559 g/mol. The summed E-state index contributed by atoms with van der Waals surface area (Å²) in [6.07, 6.45) is 2.49. The molecule has 0 spiro atoms. The van der Waals surface area contributed by atoms with Gasteiger partial charge in [-0.2, -0.15) is 0 Å². The first-order valence-electron chi connectivity index (χ1n) is 10.6. The summed E-state index contributed by atoms with van der Waals surface area (Å²) in [5, 5.41) is 9.26. The minimum absolute atomic E-state index is 0. The van der Waals surface area contributed by atoms with E-state index in [1.807, 2.05) is 66.7 Å². The second-order valence-electron chi connectivity index (χ2n) is 7.12. The molecule has 3 aromatic rings. The SMILES string of the molecule is CN=C(NCCc1cccc(C(=O)NC)c1)NCc1cccnc1OCc1ccccc1.I. The second kappa shape index (κ2) is 14.1. The van der Waals surface area contributed by atoms with E-state index >= 15 is 0 Å². The molecule has 0 aliphatic carbocycles. The topological polar surface area (TPSA) is 87.6 Å². The first-order valence-corrected chi connectivity index (χ1v) is 10.6. The number of ether oxygens (including phenoxy) is 1. The van der Waals surface area contributed by atoms with Gasteiger partial charge in [0.1, 0.15) is 6.61 Å². The Morgan fingerprint density at radius 1 is 1.00 bits per heavy atom. The molecule has 0 fully saturated rings. The fourth-order valence-electron chi connectivity index (χ4n) is 3.15. The van der Waals surface area contributed by atoms with E-state index in [0.717, 1.165) is 23.1 Å². The van der Waals surface area contributed by atoms with Gasteiger partial charge in [-0.15, -0.1) is 24.0 Å². The smallest absolute Gasteiger partial charge is 0.251 e. The summed E-state index contributed by atoms with van der Waals surface area (Å²) in [6.45, 7) is 1.68. The fourth-order valence-corrected chi connectivity index (χ4v) is 3.15. The van der Waals surface area contributed by atoms with Gasteiger partial charge in [-0.1, -0.05) is 48.5 Å². The van der Waals surface area contributed by atoms with E-state index < -0.39 is 0 Å². The Balaban J connectivity index is 0.00000385. The van der Waals surface area contributed by atoms with Crippen LogP contribution in [0.15, 0.2) is 77.9 Å².